The minimum absolute atomic E-state index is 0.0246. The van der Waals surface area contributed by atoms with Gasteiger partial charge in [0.1, 0.15) is 0 Å². The number of aromatic hydroxyl groups is 1. The predicted molar refractivity (Wildman–Crippen MR) is 57.5 cm³/mol. The highest BCUT2D eigenvalue weighted by Crippen LogP contribution is 2.53. The Hall–Kier alpha value is -0.930. The van der Waals surface area contributed by atoms with Crippen LogP contribution in [0.25, 0.3) is 0 Å². The van der Waals surface area contributed by atoms with Crippen molar-refractivity contribution in [1.82, 2.24) is 0 Å². The molecule has 82 valence electrons. The van der Waals surface area contributed by atoms with Crippen LogP contribution in [0.1, 0.15) is 24.0 Å². The topological polar surface area (TPSA) is 49.7 Å². The largest absolute Gasteiger partial charge is 0.504 e. The van der Waals surface area contributed by atoms with Crippen LogP contribution in [0.5, 0.6) is 11.5 Å². The fourth-order valence-electron chi connectivity index (χ4n) is 1.85. The number of aliphatic hydroxyl groups is 1. The van der Waals surface area contributed by atoms with E-state index in [-0.39, 0.29) is 5.75 Å². The summed E-state index contributed by atoms with van der Waals surface area (Å²) in [6, 6.07) is 1.44. The number of benzene rings is 1. The molecule has 1 aliphatic rings. The van der Waals surface area contributed by atoms with E-state index in [1.807, 2.05) is 6.92 Å². The summed E-state index contributed by atoms with van der Waals surface area (Å²) in [7, 11) is 1.47. The molecule has 0 aliphatic heterocycles. The van der Waals surface area contributed by atoms with Crippen LogP contribution in [0.4, 0.5) is 0 Å². The van der Waals surface area contributed by atoms with Gasteiger partial charge >= 0.3 is 0 Å². The van der Waals surface area contributed by atoms with Crippen molar-refractivity contribution >= 4 is 11.6 Å². The van der Waals surface area contributed by atoms with Gasteiger partial charge in [0.25, 0.3) is 0 Å². The molecule has 0 unspecified atom stereocenters. The first kappa shape index (κ1) is 10.6. The zero-order chi connectivity index (χ0) is 11.2. The van der Waals surface area contributed by atoms with E-state index in [4.69, 9.17) is 16.3 Å². The SMILES string of the molecule is COc1c(O)cc(Cl)c(C)c1C1(O)CC1. The summed E-state index contributed by atoms with van der Waals surface area (Å²) in [4.78, 5) is 0. The van der Waals surface area contributed by atoms with Crippen molar-refractivity contribution in [3.63, 3.8) is 0 Å². The minimum atomic E-state index is -0.863. The Balaban J connectivity index is 2.68. The van der Waals surface area contributed by atoms with Crippen molar-refractivity contribution in [3.8, 4) is 11.5 Å². The van der Waals surface area contributed by atoms with Crippen LogP contribution in [0.15, 0.2) is 6.07 Å². The van der Waals surface area contributed by atoms with E-state index in [0.29, 0.717) is 29.2 Å². The normalized spacial score (nSPS) is 17.6. The van der Waals surface area contributed by atoms with Crippen molar-refractivity contribution in [2.45, 2.75) is 25.4 Å². The standard InChI is InChI=1S/C11H13ClO3/c1-6-7(12)5-8(13)10(15-2)9(6)11(14)3-4-11/h5,13-14H,3-4H2,1-2H3. The second kappa shape index (κ2) is 3.29. The Morgan fingerprint density at radius 1 is 1.47 bits per heavy atom. The molecule has 0 bridgehead atoms. The number of hydrogen-bond donors (Lipinski definition) is 2. The summed E-state index contributed by atoms with van der Waals surface area (Å²) in [5.74, 6) is 0.306. The molecule has 1 saturated carbocycles. The summed E-state index contributed by atoms with van der Waals surface area (Å²) < 4.78 is 5.11. The van der Waals surface area contributed by atoms with E-state index in [9.17, 15) is 10.2 Å². The maximum Gasteiger partial charge on any atom is 0.166 e. The van der Waals surface area contributed by atoms with E-state index in [0.717, 1.165) is 5.56 Å². The molecule has 2 N–H and O–H groups in total. The highest BCUT2D eigenvalue weighted by Gasteiger charge is 2.46. The van der Waals surface area contributed by atoms with Crippen LogP contribution in [0, 0.1) is 6.92 Å². The molecule has 4 heteroatoms. The molecule has 1 aromatic rings. The molecule has 0 heterocycles. The lowest BCUT2D eigenvalue weighted by molar-refractivity contribution is 0.146. The van der Waals surface area contributed by atoms with Gasteiger partial charge in [0.15, 0.2) is 11.5 Å². The van der Waals surface area contributed by atoms with E-state index >= 15 is 0 Å². The van der Waals surface area contributed by atoms with Gasteiger partial charge < -0.3 is 14.9 Å². The quantitative estimate of drug-likeness (QED) is 0.817. The first-order chi connectivity index (χ1) is 6.99. The Labute approximate surface area is 93.3 Å². The second-order valence-corrected chi connectivity index (χ2v) is 4.35. The van der Waals surface area contributed by atoms with E-state index in [1.54, 1.807) is 0 Å². The average molecular weight is 229 g/mol. The second-order valence-electron chi connectivity index (χ2n) is 3.94. The van der Waals surface area contributed by atoms with Gasteiger partial charge in [-0.2, -0.15) is 0 Å². The number of ether oxygens (including phenoxy) is 1. The molecule has 0 atom stereocenters. The Kier molecular flexibility index (Phi) is 2.32. The number of rotatable bonds is 2. The third-order valence-corrected chi connectivity index (χ3v) is 3.24. The van der Waals surface area contributed by atoms with Crippen molar-refractivity contribution in [3.05, 3.63) is 22.2 Å². The highest BCUT2D eigenvalue weighted by atomic mass is 35.5. The molecule has 0 spiro atoms. The highest BCUT2D eigenvalue weighted by molar-refractivity contribution is 6.31. The van der Waals surface area contributed by atoms with E-state index in [2.05, 4.69) is 0 Å². The zero-order valence-electron chi connectivity index (χ0n) is 8.67. The van der Waals surface area contributed by atoms with Gasteiger partial charge in [-0.15, -0.1) is 0 Å². The Morgan fingerprint density at radius 2 is 2.07 bits per heavy atom. The van der Waals surface area contributed by atoms with Crippen molar-refractivity contribution < 1.29 is 14.9 Å². The predicted octanol–water partition coefficient (Wildman–Crippen LogP) is 2.34. The van der Waals surface area contributed by atoms with Crippen LogP contribution in [-0.2, 0) is 5.60 Å². The fourth-order valence-corrected chi connectivity index (χ4v) is 2.04. The molecule has 1 aliphatic carbocycles. The minimum Gasteiger partial charge on any atom is -0.504 e. The van der Waals surface area contributed by atoms with Gasteiger partial charge in [0.2, 0.25) is 0 Å². The monoisotopic (exact) mass is 228 g/mol. The molecular formula is C11H13ClO3. The number of phenols is 1. The van der Waals surface area contributed by atoms with Crippen molar-refractivity contribution in [2.24, 2.45) is 0 Å². The molecule has 1 fully saturated rings. The van der Waals surface area contributed by atoms with Gasteiger partial charge in [0, 0.05) is 16.7 Å². The molecule has 2 rings (SSSR count). The van der Waals surface area contributed by atoms with Crippen LogP contribution in [0.3, 0.4) is 0 Å². The molecule has 1 aromatic carbocycles. The molecule has 0 amide bonds. The maximum absolute atomic E-state index is 10.1. The molecular weight excluding hydrogens is 216 g/mol. The van der Waals surface area contributed by atoms with Gasteiger partial charge in [-0.3, -0.25) is 0 Å². The molecule has 0 aromatic heterocycles. The maximum atomic E-state index is 10.1. The number of phenolic OH excluding ortho intramolecular Hbond substituents is 1. The third kappa shape index (κ3) is 1.56. The molecule has 0 saturated heterocycles. The number of methoxy groups -OCH3 is 1. The molecule has 0 radical (unpaired) electrons. The van der Waals surface area contributed by atoms with Gasteiger partial charge in [0.05, 0.1) is 12.7 Å². The lowest BCUT2D eigenvalue weighted by Gasteiger charge is -2.18. The Bertz CT molecular complexity index is 411. The van der Waals surface area contributed by atoms with E-state index in [1.165, 1.54) is 13.2 Å². The van der Waals surface area contributed by atoms with Crippen LogP contribution in [-0.4, -0.2) is 17.3 Å². The third-order valence-electron chi connectivity index (χ3n) is 2.85. The molecule has 15 heavy (non-hydrogen) atoms. The van der Waals surface area contributed by atoms with Gasteiger partial charge in [-0.05, 0) is 25.3 Å². The van der Waals surface area contributed by atoms with Crippen molar-refractivity contribution in [2.75, 3.05) is 7.11 Å². The first-order valence-corrected chi connectivity index (χ1v) is 5.16. The smallest absolute Gasteiger partial charge is 0.166 e. The lowest BCUT2D eigenvalue weighted by Crippen LogP contribution is -2.09. The van der Waals surface area contributed by atoms with E-state index < -0.39 is 5.60 Å². The van der Waals surface area contributed by atoms with Crippen LogP contribution >= 0.6 is 11.6 Å². The first-order valence-electron chi connectivity index (χ1n) is 4.78. The molecule has 3 nitrogen and oxygen atoms in total. The van der Waals surface area contributed by atoms with Gasteiger partial charge in [-0.25, -0.2) is 0 Å². The summed E-state index contributed by atoms with van der Waals surface area (Å²) in [5, 5.41) is 20.2. The average Bonchev–Trinajstić information content (AvgIpc) is 2.90. The zero-order valence-corrected chi connectivity index (χ0v) is 9.43. The van der Waals surface area contributed by atoms with Crippen LogP contribution in [0.2, 0.25) is 5.02 Å². The summed E-state index contributed by atoms with van der Waals surface area (Å²) >= 11 is 5.96. The lowest BCUT2D eigenvalue weighted by atomic mass is 9.99. The number of hydrogen-bond acceptors (Lipinski definition) is 3. The summed E-state index contributed by atoms with van der Waals surface area (Å²) in [6.07, 6.45) is 1.37. The van der Waals surface area contributed by atoms with Crippen LogP contribution < -0.4 is 4.74 Å². The fraction of sp³-hybridized carbons (Fsp3) is 0.455. The van der Waals surface area contributed by atoms with Gasteiger partial charge in [-0.1, -0.05) is 11.6 Å². The summed E-state index contributed by atoms with van der Waals surface area (Å²) in [5.41, 5.74) is 0.527. The number of halogens is 1. The summed E-state index contributed by atoms with van der Waals surface area (Å²) in [6.45, 7) is 1.82. The van der Waals surface area contributed by atoms with Crippen molar-refractivity contribution in [1.29, 1.82) is 0 Å². The Morgan fingerprint density at radius 3 is 2.53 bits per heavy atom.